The van der Waals surface area contributed by atoms with Crippen molar-refractivity contribution in [3.8, 4) is 0 Å². The molecule has 19 heavy (non-hydrogen) atoms. The van der Waals surface area contributed by atoms with Crippen LogP contribution in [0.4, 0.5) is 5.82 Å². The Hall–Kier alpha value is -1.94. The van der Waals surface area contributed by atoms with Crippen molar-refractivity contribution in [2.75, 3.05) is 5.32 Å². The third kappa shape index (κ3) is 2.74. The second-order valence-electron chi connectivity index (χ2n) is 4.81. The Morgan fingerprint density at radius 1 is 1.16 bits per heavy atom. The third-order valence-electron chi connectivity index (χ3n) is 3.46. The fourth-order valence-electron chi connectivity index (χ4n) is 2.34. The van der Waals surface area contributed by atoms with Crippen LogP contribution in [0.25, 0.3) is 0 Å². The van der Waals surface area contributed by atoms with E-state index in [9.17, 15) is 0 Å². The highest BCUT2D eigenvalue weighted by atomic mass is 15.0. The third-order valence-corrected chi connectivity index (χ3v) is 3.46. The molecule has 0 bridgehead atoms. The summed E-state index contributed by atoms with van der Waals surface area (Å²) in [4.78, 5) is 8.44. The Morgan fingerprint density at radius 2 is 2.05 bits per heavy atom. The number of nitrogens with one attached hydrogen (secondary N) is 2. The van der Waals surface area contributed by atoms with E-state index in [2.05, 4.69) is 45.7 Å². The van der Waals surface area contributed by atoms with E-state index in [1.165, 1.54) is 16.7 Å². The van der Waals surface area contributed by atoms with Crippen molar-refractivity contribution >= 4 is 5.82 Å². The molecule has 0 fully saturated rings. The van der Waals surface area contributed by atoms with Crippen LogP contribution in [-0.2, 0) is 26.1 Å². The Morgan fingerprint density at radius 3 is 2.95 bits per heavy atom. The molecule has 0 atom stereocenters. The molecule has 98 valence electrons. The van der Waals surface area contributed by atoms with Crippen LogP contribution in [0, 0.1) is 0 Å². The number of aryl methyl sites for hydroxylation is 1. The van der Waals surface area contributed by atoms with Crippen molar-refractivity contribution in [2.45, 2.75) is 33.0 Å². The summed E-state index contributed by atoms with van der Waals surface area (Å²) in [6.07, 6.45) is 2.55. The molecule has 0 saturated heterocycles. The number of hydrogen-bond acceptors (Lipinski definition) is 4. The van der Waals surface area contributed by atoms with E-state index in [0.29, 0.717) is 0 Å². The Bertz CT molecular complexity index is 580. The number of benzene rings is 1. The highest BCUT2D eigenvalue weighted by molar-refractivity contribution is 5.39. The molecule has 0 aliphatic carbocycles. The van der Waals surface area contributed by atoms with Gasteiger partial charge >= 0.3 is 0 Å². The van der Waals surface area contributed by atoms with Gasteiger partial charge in [0.15, 0.2) is 0 Å². The van der Waals surface area contributed by atoms with E-state index < -0.39 is 0 Å². The molecule has 4 nitrogen and oxygen atoms in total. The Kier molecular flexibility index (Phi) is 3.42. The van der Waals surface area contributed by atoms with E-state index in [4.69, 9.17) is 0 Å². The largest absolute Gasteiger partial charge is 0.366 e. The normalized spacial score (nSPS) is 13.3. The zero-order valence-corrected chi connectivity index (χ0v) is 11.1. The quantitative estimate of drug-likeness (QED) is 0.878. The zero-order chi connectivity index (χ0) is 13.1. The fourth-order valence-corrected chi connectivity index (χ4v) is 2.34. The molecule has 4 heteroatoms. The maximum atomic E-state index is 4.24. The van der Waals surface area contributed by atoms with E-state index in [0.717, 1.165) is 37.6 Å². The number of fused-ring (bicyclic) bond motifs is 1. The summed E-state index contributed by atoms with van der Waals surface area (Å²) in [5.41, 5.74) is 5.19. The number of nitrogens with zero attached hydrogens (tertiary/aromatic N) is 2. The first-order valence-electron chi connectivity index (χ1n) is 6.71. The van der Waals surface area contributed by atoms with Crippen molar-refractivity contribution in [3.63, 3.8) is 0 Å². The van der Waals surface area contributed by atoms with Gasteiger partial charge in [-0.1, -0.05) is 25.1 Å². The highest BCUT2D eigenvalue weighted by Gasteiger charge is 2.09. The lowest BCUT2D eigenvalue weighted by molar-refractivity contribution is 0.764. The molecule has 0 amide bonds. The van der Waals surface area contributed by atoms with Gasteiger partial charge in [0, 0.05) is 31.4 Å². The van der Waals surface area contributed by atoms with Gasteiger partial charge in [-0.15, -0.1) is 0 Å². The van der Waals surface area contributed by atoms with Gasteiger partial charge in [-0.2, -0.15) is 0 Å². The number of rotatable bonds is 4. The molecule has 3 rings (SSSR count). The molecule has 2 aromatic rings. The summed E-state index contributed by atoms with van der Waals surface area (Å²) < 4.78 is 0. The van der Waals surface area contributed by atoms with Gasteiger partial charge in [-0.25, -0.2) is 9.97 Å². The maximum Gasteiger partial charge on any atom is 0.129 e. The molecule has 2 heterocycles. The minimum Gasteiger partial charge on any atom is -0.366 e. The van der Waals surface area contributed by atoms with Crippen LogP contribution in [0.3, 0.4) is 0 Å². The van der Waals surface area contributed by atoms with Crippen molar-refractivity contribution < 1.29 is 0 Å². The monoisotopic (exact) mass is 254 g/mol. The molecule has 0 saturated carbocycles. The van der Waals surface area contributed by atoms with Crippen molar-refractivity contribution in [3.05, 3.63) is 53.0 Å². The molecule has 1 aromatic carbocycles. The maximum absolute atomic E-state index is 4.24. The lowest BCUT2D eigenvalue weighted by Gasteiger charge is -2.08. The van der Waals surface area contributed by atoms with Gasteiger partial charge in [-0.3, -0.25) is 0 Å². The molecule has 0 spiro atoms. The van der Waals surface area contributed by atoms with Crippen LogP contribution < -0.4 is 10.6 Å². The smallest absolute Gasteiger partial charge is 0.129 e. The van der Waals surface area contributed by atoms with Crippen molar-refractivity contribution in [1.29, 1.82) is 0 Å². The number of hydrogen-bond donors (Lipinski definition) is 2. The van der Waals surface area contributed by atoms with Gasteiger partial charge in [0.05, 0.1) is 0 Å². The van der Waals surface area contributed by atoms with Crippen LogP contribution in [0.1, 0.15) is 29.3 Å². The van der Waals surface area contributed by atoms with E-state index >= 15 is 0 Å². The van der Waals surface area contributed by atoms with E-state index in [1.807, 2.05) is 6.07 Å². The van der Waals surface area contributed by atoms with Gasteiger partial charge in [-0.05, 0) is 23.1 Å². The lowest BCUT2D eigenvalue weighted by Crippen LogP contribution is -2.03. The van der Waals surface area contributed by atoms with Crippen molar-refractivity contribution in [1.82, 2.24) is 15.3 Å². The molecule has 1 aromatic heterocycles. The van der Waals surface area contributed by atoms with Crippen LogP contribution in [0.2, 0.25) is 0 Å². The van der Waals surface area contributed by atoms with Crippen LogP contribution in [0.5, 0.6) is 0 Å². The van der Waals surface area contributed by atoms with Crippen LogP contribution in [0.15, 0.2) is 30.6 Å². The number of aromatic nitrogens is 2. The summed E-state index contributed by atoms with van der Waals surface area (Å²) in [6.45, 7) is 4.87. The summed E-state index contributed by atoms with van der Waals surface area (Å²) in [6, 6.07) is 8.67. The topological polar surface area (TPSA) is 49.8 Å². The summed E-state index contributed by atoms with van der Waals surface area (Å²) in [7, 11) is 0. The summed E-state index contributed by atoms with van der Waals surface area (Å²) in [5.74, 6) is 0.894. The highest BCUT2D eigenvalue weighted by Crippen LogP contribution is 2.17. The van der Waals surface area contributed by atoms with Crippen molar-refractivity contribution in [2.24, 2.45) is 0 Å². The lowest BCUT2D eigenvalue weighted by atomic mass is 10.1. The van der Waals surface area contributed by atoms with Gasteiger partial charge in [0.25, 0.3) is 0 Å². The molecular weight excluding hydrogens is 236 g/mol. The summed E-state index contributed by atoms with van der Waals surface area (Å²) >= 11 is 0. The summed E-state index contributed by atoms with van der Waals surface area (Å²) in [5, 5.41) is 6.72. The molecule has 1 aliphatic heterocycles. The predicted octanol–water partition coefficient (Wildman–Crippen LogP) is 2.25. The Balaban J connectivity index is 1.68. The Labute approximate surface area is 113 Å². The number of anilines is 1. The average Bonchev–Trinajstić information content (AvgIpc) is 2.93. The first kappa shape index (κ1) is 12.1. The zero-order valence-electron chi connectivity index (χ0n) is 11.1. The molecular formula is C15H18N4. The van der Waals surface area contributed by atoms with Gasteiger partial charge < -0.3 is 10.6 Å². The van der Waals surface area contributed by atoms with E-state index in [1.54, 1.807) is 6.33 Å². The second-order valence-corrected chi connectivity index (χ2v) is 4.81. The average molecular weight is 254 g/mol. The van der Waals surface area contributed by atoms with Gasteiger partial charge in [0.2, 0.25) is 0 Å². The minimum absolute atomic E-state index is 0.799. The van der Waals surface area contributed by atoms with Gasteiger partial charge in [0.1, 0.15) is 12.1 Å². The first-order valence-corrected chi connectivity index (χ1v) is 6.71. The SMILES string of the molecule is CCc1cc(NCc2ccc3c(c2)CNC3)ncn1. The second kappa shape index (κ2) is 5.36. The molecule has 0 unspecified atom stereocenters. The standard InChI is InChI=1S/C15H18N4/c1-2-14-6-15(19-10-18-14)17-7-11-3-4-12-8-16-9-13(12)5-11/h3-6,10,16H,2,7-9H2,1H3,(H,17,18,19). The van der Waals surface area contributed by atoms with Crippen LogP contribution in [-0.4, -0.2) is 9.97 Å². The molecule has 1 aliphatic rings. The molecule has 0 radical (unpaired) electrons. The predicted molar refractivity (Wildman–Crippen MR) is 75.7 cm³/mol. The molecule has 2 N–H and O–H groups in total. The van der Waals surface area contributed by atoms with Crippen LogP contribution >= 0.6 is 0 Å². The minimum atomic E-state index is 0.799. The van der Waals surface area contributed by atoms with E-state index in [-0.39, 0.29) is 0 Å². The fraction of sp³-hybridized carbons (Fsp3) is 0.333. The first-order chi connectivity index (χ1) is 9.35.